The summed E-state index contributed by atoms with van der Waals surface area (Å²) in [6.07, 6.45) is 3.78. The van der Waals surface area contributed by atoms with Gasteiger partial charge in [0.15, 0.2) is 5.13 Å². The summed E-state index contributed by atoms with van der Waals surface area (Å²) >= 11 is 1.66. The van der Waals surface area contributed by atoms with Crippen LogP contribution in [0.5, 0.6) is 0 Å². The molecule has 4 aromatic rings. The number of likely N-dealkylation sites (N-methyl/N-ethyl adjacent to an activating group) is 1. The largest absolute Gasteiger partial charge is 0.369 e. The van der Waals surface area contributed by atoms with Crippen molar-refractivity contribution in [3.05, 3.63) is 78.1 Å². The Labute approximate surface area is 234 Å². The van der Waals surface area contributed by atoms with Gasteiger partial charge >= 0.3 is 0 Å². The van der Waals surface area contributed by atoms with Crippen molar-refractivity contribution < 1.29 is 4.79 Å². The van der Waals surface area contributed by atoms with Gasteiger partial charge in [-0.25, -0.2) is 15.0 Å². The van der Waals surface area contributed by atoms with Crippen molar-refractivity contribution in [3.63, 3.8) is 0 Å². The third kappa shape index (κ3) is 6.61. The average Bonchev–Trinajstić information content (AvgIpc) is 3.38. The van der Waals surface area contributed by atoms with Crippen LogP contribution in [0.25, 0.3) is 10.6 Å². The molecule has 1 unspecified atom stereocenters. The first-order chi connectivity index (χ1) is 19.0. The Morgan fingerprint density at radius 3 is 2.49 bits per heavy atom. The molecule has 3 heterocycles. The van der Waals surface area contributed by atoms with E-state index in [1.807, 2.05) is 26.0 Å². The zero-order valence-corrected chi connectivity index (χ0v) is 23.6. The van der Waals surface area contributed by atoms with E-state index in [2.05, 4.69) is 80.6 Å². The molecule has 8 nitrogen and oxygen atoms in total. The number of anilines is 4. The number of rotatable bonds is 10. The molecule has 1 aliphatic rings. The minimum Gasteiger partial charge on any atom is -0.369 e. The lowest BCUT2D eigenvalue weighted by atomic mass is 10.1. The van der Waals surface area contributed by atoms with Crippen molar-refractivity contribution in [2.24, 2.45) is 0 Å². The third-order valence-corrected chi connectivity index (χ3v) is 8.45. The van der Waals surface area contributed by atoms with Crippen LogP contribution in [0.2, 0.25) is 0 Å². The molecular weight excluding hydrogens is 506 g/mol. The van der Waals surface area contributed by atoms with Crippen molar-refractivity contribution >= 4 is 40.1 Å². The van der Waals surface area contributed by atoms with Gasteiger partial charge in [0, 0.05) is 57.3 Å². The quantitative estimate of drug-likeness (QED) is 0.280. The van der Waals surface area contributed by atoms with Gasteiger partial charge < -0.3 is 19.9 Å². The number of hydrogen-bond donors (Lipinski definition) is 1. The summed E-state index contributed by atoms with van der Waals surface area (Å²) in [5, 5.41) is 4.34. The van der Waals surface area contributed by atoms with Crippen LogP contribution in [0.15, 0.2) is 66.9 Å². The van der Waals surface area contributed by atoms with Crippen molar-refractivity contribution in [2.75, 3.05) is 54.9 Å². The van der Waals surface area contributed by atoms with Gasteiger partial charge in [-0.15, -0.1) is 0 Å². The van der Waals surface area contributed by atoms with E-state index in [4.69, 9.17) is 9.97 Å². The zero-order valence-electron chi connectivity index (χ0n) is 22.7. The minimum absolute atomic E-state index is 0.0182. The molecule has 0 bridgehead atoms. The first kappa shape index (κ1) is 26.8. The Kier molecular flexibility index (Phi) is 8.48. The van der Waals surface area contributed by atoms with Crippen LogP contribution in [0.1, 0.15) is 18.2 Å². The monoisotopic (exact) mass is 541 g/mol. The van der Waals surface area contributed by atoms with Crippen LogP contribution in [0.4, 0.5) is 22.5 Å². The van der Waals surface area contributed by atoms with Crippen LogP contribution >= 0.6 is 11.3 Å². The molecule has 1 N–H and O–H groups in total. The van der Waals surface area contributed by atoms with E-state index in [0.717, 1.165) is 72.5 Å². The Morgan fingerprint density at radius 1 is 1.03 bits per heavy atom. The number of aryl methyl sites for hydroxylation is 1. The lowest BCUT2D eigenvalue weighted by molar-refractivity contribution is -0.112. The van der Waals surface area contributed by atoms with Gasteiger partial charge in [-0.2, -0.15) is 0 Å². The predicted octanol–water partition coefficient (Wildman–Crippen LogP) is 5.04. The fourth-order valence-electron chi connectivity index (χ4n) is 4.72. The standard InChI is InChI=1S/C30H35N7OS/c1-22(21-38)36-17-19-37(20-18-36)26-11-9-25(10-12-26)33-29-31-15-13-27(34-29)28-23(2)32-30(39-28)35(3)16-14-24-7-5-4-6-8-24/h4-13,15,21-22H,14,16-20H2,1-3H3,(H,31,33,34). The van der Waals surface area contributed by atoms with Gasteiger partial charge in [0.05, 0.1) is 22.3 Å². The highest BCUT2D eigenvalue weighted by Crippen LogP contribution is 2.33. The molecule has 1 aliphatic heterocycles. The van der Waals surface area contributed by atoms with Gasteiger partial charge in [0.2, 0.25) is 5.95 Å². The lowest BCUT2D eigenvalue weighted by Crippen LogP contribution is -2.50. The van der Waals surface area contributed by atoms with Crippen LogP contribution < -0.4 is 15.1 Å². The summed E-state index contributed by atoms with van der Waals surface area (Å²) in [6, 6.07) is 20.8. The van der Waals surface area contributed by atoms with E-state index < -0.39 is 0 Å². The highest BCUT2D eigenvalue weighted by Gasteiger charge is 2.21. The van der Waals surface area contributed by atoms with E-state index >= 15 is 0 Å². The molecule has 9 heteroatoms. The van der Waals surface area contributed by atoms with Crippen molar-refractivity contribution in [2.45, 2.75) is 26.3 Å². The number of hydrogen-bond acceptors (Lipinski definition) is 9. The van der Waals surface area contributed by atoms with Gasteiger partial charge in [-0.1, -0.05) is 41.7 Å². The summed E-state index contributed by atoms with van der Waals surface area (Å²) in [4.78, 5) is 33.0. The molecule has 0 aliphatic carbocycles. The number of aldehydes is 1. The number of piperazine rings is 1. The number of aromatic nitrogens is 3. The van der Waals surface area contributed by atoms with E-state index in [-0.39, 0.29) is 6.04 Å². The Hall–Kier alpha value is -3.82. The summed E-state index contributed by atoms with van der Waals surface area (Å²) < 4.78 is 0. The number of carbonyl (C=O) groups is 1. The average molecular weight is 542 g/mol. The molecule has 2 aromatic carbocycles. The highest BCUT2D eigenvalue weighted by molar-refractivity contribution is 7.19. The SMILES string of the molecule is Cc1nc(N(C)CCc2ccccc2)sc1-c1ccnc(Nc2ccc(N3CCN(C(C)C=O)CC3)cc2)n1. The first-order valence-corrected chi connectivity index (χ1v) is 14.2. The fraction of sp³-hybridized carbons (Fsp3) is 0.333. The molecule has 1 fully saturated rings. The summed E-state index contributed by atoms with van der Waals surface area (Å²) in [5.74, 6) is 0.559. The van der Waals surface area contributed by atoms with E-state index in [1.54, 1.807) is 17.5 Å². The lowest BCUT2D eigenvalue weighted by Gasteiger charge is -2.37. The Balaban J connectivity index is 1.21. The molecule has 1 saturated heterocycles. The second-order valence-electron chi connectivity index (χ2n) is 9.91. The van der Waals surface area contributed by atoms with E-state index in [9.17, 15) is 4.79 Å². The summed E-state index contributed by atoms with van der Waals surface area (Å²) in [6.45, 7) is 8.50. The zero-order chi connectivity index (χ0) is 27.2. The number of nitrogens with one attached hydrogen (secondary N) is 1. The molecule has 2 aromatic heterocycles. The number of benzene rings is 2. The summed E-state index contributed by atoms with van der Waals surface area (Å²) in [5.41, 5.74) is 5.27. The highest BCUT2D eigenvalue weighted by atomic mass is 32.1. The molecule has 0 spiro atoms. The smallest absolute Gasteiger partial charge is 0.227 e. The van der Waals surface area contributed by atoms with E-state index in [0.29, 0.717) is 5.95 Å². The van der Waals surface area contributed by atoms with Crippen molar-refractivity contribution in [1.82, 2.24) is 19.9 Å². The maximum Gasteiger partial charge on any atom is 0.227 e. The van der Waals surface area contributed by atoms with Crippen molar-refractivity contribution in [1.29, 1.82) is 0 Å². The molecule has 39 heavy (non-hydrogen) atoms. The minimum atomic E-state index is -0.0182. The second-order valence-corrected chi connectivity index (χ2v) is 10.9. The van der Waals surface area contributed by atoms with Crippen LogP contribution in [0.3, 0.4) is 0 Å². The van der Waals surface area contributed by atoms with Gasteiger partial charge in [-0.05, 0) is 56.2 Å². The molecule has 0 radical (unpaired) electrons. The molecule has 202 valence electrons. The number of nitrogens with zero attached hydrogens (tertiary/aromatic N) is 6. The Morgan fingerprint density at radius 2 is 1.77 bits per heavy atom. The van der Waals surface area contributed by atoms with Gasteiger partial charge in [0.1, 0.15) is 6.29 Å². The maximum absolute atomic E-state index is 11.1. The first-order valence-electron chi connectivity index (χ1n) is 13.4. The van der Waals surface area contributed by atoms with Gasteiger partial charge in [0.25, 0.3) is 0 Å². The van der Waals surface area contributed by atoms with Gasteiger partial charge in [-0.3, -0.25) is 4.90 Å². The number of thiazole rings is 1. The molecule has 0 amide bonds. The Bertz CT molecular complexity index is 1370. The maximum atomic E-state index is 11.1. The predicted molar refractivity (Wildman–Crippen MR) is 160 cm³/mol. The third-order valence-electron chi connectivity index (χ3n) is 7.15. The van der Waals surface area contributed by atoms with Crippen LogP contribution in [-0.4, -0.2) is 72.0 Å². The fourth-order valence-corrected chi connectivity index (χ4v) is 5.75. The molecular formula is C30H35N7OS. The normalized spacial score (nSPS) is 14.7. The van der Waals surface area contributed by atoms with Crippen LogP contribution in [0, 0.1) is 6.92 Å². The topological polar surface area (TPSA) is 77.5 Å². The second kappa shape index (κ2) is 12.4. The van der Waals surface area contributed by atoms with Crippen LogP contribution in [-0.2, 0) is 11.2 Å². The molecule has 5 rings (SSSR count). The van der Waals surface area contributed by atoms with E-state index in [1.165, 1.54) is 11.3 Å². The summed E-state index contributed by atoms with van der Waals surface area (Å²) in [7, 11) is 2.09. The molecule has 1 atom stereocenters. The molecule has 0 saturated carbocycles. The number of carbonyl (C=O) groups excluding carboxylic acids is 1. The van der Waals surface area contributed by atoms with Crippen molar-refractivity contribution in [3.8, 4) is 10.6 Å².